The Hall–Kier alpha value is -1.43. The van der Waals surface area contributed by atoms with Gasteiger partial charge in [-0.15, -0.1) is 0 Å². The Morgan fingerprint density at radius 3 is 2.43 bits per heavy atom. The van der Waals surface area contributed by atoms with E-state index in [1.807, 2.05) is 14.1 Å². The summed E-state index contributed by atoms with van der Waals surface area (Å²) in [6, 6.07) is 12.2. The van der Waals surface area contributed by atoms with E-state index in [2.05, 4.69) is 45.4 Å². The number of hydrogen-bond acceptors (Lipinski definition) is 4. The number of carbonyl (C=O) groups is 1. The van der Waals surface area contributed by atoms with Crippen molar-refractivity contribution in [2.24, 2.45) is 5.92 Å². The number of nitrogens with one attached hydrogen (secondary N) is 1. The molecule has 2 saturated heterocycles. The van der Waals surface area contributed by atoms with Gasteiger partial charge in [0.25, 0.3) is 0 Å². The van der Waals surface area contributed by atoms with Crippen molar-refractivity contribution in [3.8, 4) is 0 Å². The maximum atomic E-state index is 12.6. The summed E-state index contributed by atoms with van der Waals surface area (Å²) in [6.07, 6.45) is 7.18. The molecule has 5 rings (SSSR count). The topological polar surface area (TPSA) is 38.8 Å². The van der Waals surface area contributed by atoms with Crippen LogP contribution in [-0.4, -0.2) is 85.0 Å². The zero-order valence-electron chi connectivity index (χ0n) is 18.7. The number of rotatable bonds is 8. The second-order valence-corrected chi connectivity index (χ2v) is 10.6. The molecule has 0 bridgehead atoms. The van der Waals surface area contributed by atoms with Gasteiger partial charge in [-0.25, -0.2) is 0 Å². The summed E-state index contributed by atoms with van der Waals surface area (Å²) in [4.78, 5) is 19.6. The molecule has 2 aliphatic heterocycles. The number of amides is 1. The van der Waals surface area contributed by atoms with E-state index in [0.717, 1.165) is 32.1 Å². The Kier molecular flexibility index (Phi) is 5.63. The average molecular weight is 411 g/mol. The minimum atomic E-state index is 0.0768. The molecule has 2 atom stereocenters. The molecule has 4 fully saturated rings. The van der Waals surface area contributed by atoms with Crippen molar-refractivity contribution >= 4 is 5.91 Å². The summed E-state index contributed by atoms with van der Waals surface area (Å²) in [5, 5.41) is 3.94. The molecule has 1 aromatic carbocycles. The van der Waals surface area contributed by atoms with Gasteiger partial charge >= 0.3 is 0 Å². The predicted molar refractivity (Wildman–Crippen MR) is 121 cm³/mol. The monoisotopic (exact) mass is 410 g/mol. The van der Waals surface area contributed by atoms with Gasteiger partial charge in [0, 0.05) is 71.2 Å². The van der Waals surface area contributed by atoms with Crippen LogP contribution in [-0.2, 0) is 4.79 Å². The van der Waals surface area contributed by atoms with Crippen LogP contribution in [0.5, 0.6) is 0 Å². The van der Waals surface area contributed by atoms with E-state index >= 15 is 0 Å². The zero-order chi connectivity index (χ0) is 20.7. The van der Waals surface area contributed by atoms with E-state index in [1.165, 1.54) is 44.2 Å². The number of carbonyl (C=O) groups excluding carboxylic acids is 1. The molecule has 5 nitrogen and oxygen atoms in total. The Balaban J connectivity index is 1.13. The normalized spacial score (nSPS) is 29.4. The zero-order valence-corrected chi connectivity index (χ0v) is 18.7. The van der Waals surface area contributed by atoms with Crippen molar-refractivity contribution in [2.75, 3.05) is 46.8 Å². The maximum absolute atomic E-state index is 12.6. The SMILES string of the molecule is CN(C)C(=O)CC1(N2CCC(N[C@@H]3C[C@H]3c3ccccc3)CC2)CN(CC2CC2)C1. The van der Waals surface area contributed by atoms with E-state index in [4.69, 9.17) is 0 Å². The van der Waals surface area contributed by atoms with Gasteiger partial charge in [0.15, 0.2) is 0 Å². The molecular weight excluding hydrogens is 372 g/mol. The lowest BCUT2D eigenvalue weighted by molar-refractivity contribution is -0.139. The number of piperidine rings is 1. The van der Waals surface area contributed by atoms with Crippen molar-refractivity contribution in [1.29, 1.82) is 0 Å². The highest BCUT2D eigenvalue weighted by atomic mass is 16.2. The highest BCUT2D eigenvalue weighted by Crippen LogP contribution is 2.42. The fraction of sp³-hybridized carbons (Fsp3) is 0.720. The first-order valence-corrected chi connectivity index (χ1v) is 12.0. The van der Waals surface area contributed by atoms with Crippen LogP contribution in [0.4, 0.5) is 0 Å². The third-order valence-corrected chi connectivity index (χ3v) is 7.86. The summed E-state index contributed by atoms with van der Waals surface area (Å²) in [7, 11) is 3.79. The highest BCUT2D eigenvalue weighted by Gasteiger charge is 2.50. The molecule has 2 aliphatic carbocycles. The Morgan fingerprint density at radius 2 is 1.80 bits per heavy atom. The van der Waals surface area contributed by atoms with Crippen molar-refractivity contribution in [1.82, 2.24) is 20.0 Å². The predicted octanol–water partition coefficient (Wildman–Crippen LogP) is 2.54. The summed E-state index contributed by atoms with van der Waals surface area (Å²) in [6.45, 7) is 5.66. The second kappa shape index (κ2) is 8.25. The largest absolute Gasteiger partial charge is 0.349 e. The minimum Gasteiger partial charge on any atom is -0.349 e. The van der Waals surface area contributed by atoms with E-state index < -0.39 is 0 Å². The van der Waals surface area contributed by atoms with Crippen LogP contribution >= 0.6 is 0 Å². The summed E-state index contributed by atoms with van der Waals surface area (Å²) >= 11 is 0. The third-order valence-electron chi connectivity index (χ3n) is 7.86. The summed E-state index contributed by atoms with van der Waals surface area (Å²) < 4.78 is 0. The molecule has 164 valence electrons. The van der Waals surface area contributed by atoms with Gasteiger partial charge in [-0.2, -0.15) is 0 Å². The molecule has 0 spiro atoms. The van der Waals surface area contributed by atoms with E-state index in [-0.39, 0.29) is 11.4 Å². The molecule has 5 heteroatoms. The van der Waals surface area contributed by atoms with Crippen LogP contribution in [0.3, 0.4) is 0 Å². The Morgan fingerprint density at radius 1 is 1.10 bits per heavy atom. The number of benzene rings is 1. The number of nitrogens with zero attached hydrogens (tertiary/aromatic N) is 3. The summed E-state index contributed by atoms with van der Waals surface area (Å²) in [5.41, 5.74) is 1.56. The molecule has 0 unspecified atom stereocenters. The minimum absolute atomic E-state index is 0.0768. The molecule has 2 saturated carbocycles. The van der Waals surface area contributed by atoms with Gasteiger partial charge in [0.1, 0.15) is 0 Å². The molecule has 2 heterocycles. The highest BCUT2D eigenvalue weighted by molar-refractivity contribution is 5.77. The molecule has 0 aromatic heterocycles. The van der Waals surface area contributed by atoms with Crippen molar-refractivity contribution in [3.05, 3.63) is 35.9 Å². The quantitative estimate of drug-likeness (QED) is 0.715. The lowest BCUT2D eigenvalue weighted by Crippen LogP contribution is -2.72. The summed E-state index contributed by atoms with van der Waals surface area (Å²) in [5.74, 6) is 1.92. The smallest absolute Gasteiger partial charge is 0.224 e. The van der Waals surface area contributed by atoms with Gasteiger partial charge in [-0.3, -0.25) is 14.6 Å². The number of likely N-dealkylation sites (tertiary alicyclic amines) is 2. The van der Waals surface area contributed by atoms with Crippen LogP contribution in [0.15, 0.2) is 30.3 Å². The molecule has 4 aliphatic rings. The molecule has 30 heavy (non-hydrogen) atoms. The lowest BCUT2D eigenvalue weighted by Gasteiger charge is -2.57. The Labute approximate surface area is 181 Å². The van der Waals surface area contributed by atoms with E-state index in [9.17, 15) is 4.79 Å². The maximum Gasteiger partial charge on any atom is 0.224 e. The first kappa shape index (κ1) is 20.5. The van der Waals surface area contributed by atoms with Crippen molar-refractivity contribution in [2.45, 2.75) is 62.1 Å². The molecule has 1 N–H and O–H groups in total. The van der Waals surface area contributed by atoms with Gasteiger partial charge in [0.2, 0.25) is 5.91 Å². The van der Waals surface area contributed by atoms with Crippen LogP contribution in [0.1, 0.15) is 50.0 Å². The molecular formula is C25H38N4O. The average Bonchev–Trinajstić information content (AvgIpc) is 3.64. The molecule has 0 radical (unpaired) electrons. The van der Waals surface area contributed by atoms with Crippen LogP contribution in [0.2, 0.25) is 0 Å². The van der Waals surface area contributed by atoms with Crippen molar-refractivity contribution in [3.63, 3.8) is 0 Å². The fourth-order valence-corrected chi connectivity index (χ4v) is 5.72. The first-order valence-electron chi connectivity index (χ1n) is 12.0. The van der Waals surface area contributed by atoms with Crippen LogP contribution in [0, 0.1) is 5.92 Å². The molecule has 1 aromatic rings. The number of hydrogen-bond donors (Lipinski definition) is 1. The van der Waals surface area contributed by atoms with E-state index in [1.54, 1.807) is 4.90 Å². The first-order chi connectivity index (χ1) is 14.5. The van der Waals surface area contributed by atoms with Crippen LogP contribution < -0.4 is 5.32 Å². The Bertz CT molecular complexity index is 733. The lowest BCUT2D eigenvalue weighted by atomic mass is 9.81. The standard InChI is InChI=1S/C25H38N4O/c1-27(2)24(30)15-25(17-28(18-25)16-19-8-9-19)29-12-10-21(11-13-29)26-23-14-22(23)20-6-4-3-5-7-20/h3-7,19,21-23,26H,8-18H2,1-2H3/t22-,23+/m0/s1. The third kappa shape index (κ3) is 4.44. The second-order valence-electron chi connectivity index (χ2n) is 10.6. The van der Waals surface area contributed by atoms with Crippen molar-refractivity contribution < 1.29 is 4.79 Å². The van der Waals surface area contributed by atoms with Gasteiger partial charge < -0.3 is 10.2 Å². The van der Waals surface area contributed by atoms with Gasteiger partial charge in [-0.1, -0.05) is 30.3 Å². The fourth-order valence-electron chi connectivity index (χ4n) is 5.72. The van der Waals surface area contributed by atoms with Crippen LogP contribution in [0.25, 0.3) is 0 Å². The van der Waals surface area contributed by atoms with E-state index in [0.29, 0.717) is 24.4 Å². The van der Waals surface area contributed by atoms with Gasteiger partial charge in [0.05, 0.1) is 5.54 Å². The molecule has 1 amide bonds. The van der Waals surface area contributed by atoms with Gasteiger partial charge in [-0.05, 0) is 43.6 Å².